The summed E-state index contributed by atoms with van der Waals surface area (Å²) < 4.78 is 40.4. The van der Waals surface area contributed by atoms with E-state index in [-0.39, 0.29) is 16.5 Å². The quantitative estimate of drug-likeness (QED) is 0.767. The van der Waals surface area contributed by atoms with Gasteiger partial charge in [-0.2, -0.15) is 13.2 Å². The molecule has 2 heterocycles. The number of anilines is 1. The Balaban J connectivity index is 1.64. The lowest BCUT2D eigenvalue weighted by Crippen LogP contribution is -2.16. The molecule has 5 nitrogen and oxygen atoms in total. The summed E-state index contributed by atoms with van der Waals surface area (Å²) in [5.74, 6) is 0.457. The van der Waals surface area contributed by atoms with Crippen LogP contribution in [0.2, 0.25) is 5.02 Å². The number of carbonyl (C=O) groups is 1. The van der Waals surface area contributed by atoms with Gasteiger partial charge in [0.25, 0.3) is 0 Å². The summed E-state index contributed by atoms with van der Waals surface area (Å²) in [6.45, 7) is 0.811. The van der Waals surface area contributed by atoms with Gasteiger partial charge < -0.3 is 9.88 Å². The fourth-order valence-electron chi connectivity index (χ4n) is 2.68. The monoisotopic (exact) mass is 404 g/mol. The molecular formula is C16H16ClF3N4OS. The van der Waals surface area contributed by atoms with Gasteiger partial charge in [0.15, 0.2) is 5.16 Å². The zero-order chi connectivity index (χ0) is 18.7. The molecule has 1 amide bonds. The smallest absolute Gasteiger partial charge is 0.324 e. The van der Waals surface area contributed by atoms with E-state index >= 15 is 0 Å². The zero-order valence-corrected chi connectivity index (χ0v) is 15.2. The van der Waals surface area contributed by atoms with Crippen molar-refractivity contribution >= 4 is 35.0 Å². The molecule has 0 aliphatic carbocycles. The number of rotatable bonds is 4. The third kappa shape index (κ3) is 4.50. The van der Waals surface area contributed by atoms with Crippen LogP contribution in [0, 0.1) is 0 Å². The van der Waals surface area contributed by atoms with E-state index in [4.69, 9.17) is 11.6 Å². The molecule has 1 aromatic carbocycles. The van der Waals surface area contributed by atoms with E-state index in [1.54, 1.807) is 0 Å². The molecule has 1 N–H and O–H groups in total. The number of halogens is 4. The number of nitrogens with one attached hydrogen (secondary N) is 1. The molecule has 0 atom stereocenters. The van der Waals surface area contributed by atoms with Gasteiger partial charge in [0.1, 0.15) is 5.82 Å². The molecule has 0 spiro atoms. The molecule has 3 rings (SSSR count). The standard InChI is InChI=1S/C16H16ClF3N4OS/c17-11-6-5-10(16(18,19)20)8-12(11)21-14(25)9-26-15-23-22-13-4-2-1-3-7-24(13)15/h5-6,8H,1-4,7,9H2,(H,21,25). The Morgan fingerprint density at radius 1 is 1.27 bits per heavy atom. The van der Waals surface area contributed by atoms with Crippen LogP contribution in [0.4, 0.5) is 18.9 Å². The van der Waals surface area contributed by atoms with Gasteiger partial charge >= 0.3 is 6.18 Å². The van der Waals surface area contributed by atoms with Crippen molar-refractivity contribution in [2.24, 2.45) is 0 Å². The van der Waals surface area contributed by atoms with Crippen molar-refractivity contribution in [2.45, 2.75) is 43.6 Å². The Kier molecular flexibility index (Phi) is 5.76. The number of thioether (sulfide) groups is 1. The second kappa shape index (κ2) is 7.87. The molecule has 1 aliphatic rings. The number of nitrogens with zero attached hydrogens (tertiary/aromatic N) is 3. The molecule has 1 aliphatic heterocycles. The number of fused-ring (bicyclic) bond motifs is 1. The lowest BCUT2D eigenvalue weighted by Gasteiger charge is -2.11. The topological polar surface area (TPSA) is 59.8 Å². The molecule has 26 heavy (non-hydrogen) atoms. The number of carbonyl (C=O) groups excluding carboxylic acids is 1. The van der Waals surface area contributed by atoms with Gasteiger partial charge in [0.2, 0.25) is 5.91 Å². The van der Waals surface area contributed by atoms with Gasteiger partial charge in [-0.3, -0.25) is 4.79 Å². The Labute approximate surface area is 157 Å². The Morgan fingerprint density at radius 2 is 2.08 bits per heavy atom. The molecule has 0 unspecified atom stereocenters. The SMILES string of the molecule is O=C(CSc1nnc2n1CCCCC2)Nc1cc(C(F)(F)F)ccc1Cl. The van der Waals surface area contributed by atoms with Crippen LogP contribution >= 0.6 is 23.4 Å². The maximum absolute atomic E-state index is 12.8. The fraction of sp³-hybridized carbons (Fsp3) is 0.438. The normalized spacial score (nSPS) is 14.6. The van der Waals surface area contributed by atoms with Crippen molar-refractivity contribution in [3.8, 4) is 0 Å². The van der Waals surface area contributed by atoms with Crippen molar-refractivity contribution in [2.75, 3.05) is 11.1 Å². The third-order valence-electron chi connectivity index (χ3n) is 3.98. The highest BCUT2D eigenvalue weighted by molar-refractivity contribution is 7.99. The third-order valence-corrected chi connectivity index (χ3v) is 5.27. The Morgan fingerprint density at radius 3 is 2.85 bits per heavy atom. The second-order valence-electron chi connectivity index (χ2n) is 5.89. The molecule has 0 radical (unpaired) electrons. The first-order valence-corrected chi connectivity index (χ1v) is 9.42. The van der Waals surface area contributed by atoms with E-state index in [1.165, 1.54) is 11.8 Å². The van der Waals surface area contributed by atoms with E-state index in [1.807, 2.05) is 4.57 Å². The van der Waals surface area contributed by atoms with Crippen LogP contribution in [0.1, 0.15) is 30.7 Å². The van der Waals surface area contributed by atoms with Gasteiger partial charge in [-0.25, -0.2) is 0 Å². The highest BCUT2D eigenvalue weighted by atomic mass is 35.5. The van der Waals surface area contributed by atoms with Gasteiger partial charge in [-0.05, 0) is 31.0 Å². The van der Waals surface area contributed by atoms with E-state index < -0.39 is 17.6 Å². The summed E-state index contributed by atoms with van der Waals surface area (Å²) in [4.78, 5) is 12.1. The van der Waals surface area contributed by atoms with Crippen molar-refractivity contribution < 1.29 is 18.0 Å². The molecule has 140 valence electrons. The van der Waals surface area contributed by atoms with Crippen molar-refractivity contribution in [3.05, 3.63) is 34.6 Å². The van der Waals surface area contributed by atoms with Crippen LogP contribution in [-0.4, -0.2) is 26.4 Å². The number of aryl methyl sites for hydroxylation is 1. The van der Waals surface area contributed by atoms with Gasteiger partial charge in [-0.15, -0.1) is 10.2 Å². The predicted molar refractivity (Wildman–Crippen MR) is 93.4 cm³/mol. The number of amides is 1. The summed E-state index contributed by atoms with van der Waals surface area (Å²) in [6.07, 6.45) is -0.415. The lowest BCUT2D eigenvalue weighted by atomic mass is 10.2. The second-order valence-corrected chi connectivity index (χ2v) is 7.24. The number of benzene rings is 1. The summed E-state index contributed by atoms with van der Waals surface area (Å²) in [5.41, 5.74) is -0.931. The summed E-state index contributed by atoms with van der Waals surface area (Å²) in [6, 6.07) is 2.82. The summed E-state index contributed by atoms with van der Waals surface area (Å²) >= 11 is 7.09. The molecule has 0 saturated carbocycles. The lowest BCUT2D eigenvalue weighted by molar-refractivity contribution is -0.137. The average Bonchev–Trinajstić information content (AvgIpc) is 2.80. The van der Waals surface area contributed by atoms with Crippen LogP contribution in [0.15, 0.2) is 23.4 Å². The predicted octanol–water partition coefficient (Wildman–Crippen LogP) is 4.41. The molecule has 10 heteroatoms. The Bertz CT molecular complexity index is 809. The van der Waals surface area contributed by atoms with E-state index in [9.17, 15) is 18.0 Å². The van der Waals surface area contributed by atoms with Crippen LogP contribution in [-0.2, 0) is 23.9 Å². The average molecular weight is 405 g/mol. The van der Waals surface area contributed by atoms with E-state index in [0.29, 0.717) is 5.16 Å². The summed E-state index contributed by atoms with van der Waals surface area (Å²) in [7, 11) is 0. The molecule has 0 saturated heterocycles. The van der Waals surface area contributed by atoms with Gasteiger partial charge in [0.05, 0.1) is 22.0 Å². The number of hydrogen-bond acceptors (Lipinski definition) is 4. The highest BCUT2D eigenvalue weighted by Crippen LogP contribution is 2.34. The Hall–Kier alpha value is -1.74. The fourth-order valence-corrected chi connectivity index (χ4v) is 3.63. The molecule has 0 fully saturated rings. The van der Waals surface area contributed by atoms with Gasteiger partial charge in [-0.1, -0.05) is 29.8 Å². The zero-order valence-electron chi connectivity index (χ0n) is 13.6. The van der Waals surface area contributed by atoms with Crippen molar-refractivity contribution in [1.29, 1.82) is 0 Å². The first kappa shape index (κ1) is 19.0. The van der Waals surface area contributed by atoms with Gasteiger partial charge in [0, 0.05) is 13.0 Å². The van der Waals surface area contributed by atoms with E-state index in [0.717, 1.165) is 56.3 Å². The van der Waals surface area contributed by atoms with Crippen LogP contribution in [0.3, 0.4) is 0 Å². The highest BCUT2D eigenvalue weighted by Gasteiger charge is 2.31. The van der Waals surface area contributed by atoms with Crippen molar-refractivity contribution in [1.82, 2.24) is 14.8 Å². The maximum Gasteiger partial charge on any atom is 0.416 e. The van der Waals surface area contributed by atoms with E-state index in [2.05, 4.69) is 15.5 Å². The van der Waals surface area contributed by atoms with Crippen LogP contribution in [0.25, 0.3) is 0 Å². The van der Waals surface area contributed by atoms with Crippen LogP contribution in [0.5, 0.6) is 0 Å². The molecule has 0 bridgehead atoms. The van der Waals surface area contributed by atoms with Crippen LogP contribution < -0.4 is 5.32 Å². The summed E-state index contributed by atoms with van der Waals surface area (Å²) in [5, 5.41) is 11.4. The maximum atomic E-state index is 12.8. The van der Waals surface area contributed by atoms with Crippen molar-refractivity contribution in [3.63, 3.8) is 0 Å². The number of aromatic nitrogens is 3. The minimum Gasteiger partial charge on any atom is -0.324 e. The minimum atomic E-state index is -4.50. The number of hydrogen-bond donors (Lipinski definition) is 1. The number of alkyl halides is 3. The first-order chi connectivity index (χ1) is 12.3. The molecular weight excluding hydrogens is 389 g/mol. The largest absolute Gasteiger partial charge is 0.416 e. The molecule has 1 aromatic heterocycles. The molecule has 2 aromatic rings. The minimum absolute atomic E-state index is 0.00467. The first-order valence-electron chi connectivity index (χ1n) is 8.06.